The standard InChI is InChI=1S/C13H18ClN3O2/c1-16-3-5-17(6-4-16)15-9-10-7-11(14)13(18)12(8-10)19-2/h7-9,18H,3-6H2,1-2H3/p+1/b15-9+. The van der Waals surface area contributed by atoms with E-state index in [1.165, 1.54) is 12.0 Å². The SMILES string of the molecule is COc1cc(/C=N/N2CC[NH+](C)CC2)cc(Cl)c1O. The number of hydrogen-bond donors (Lipinski definition) is 2. The van der Waals surface area contributed by atoms with E-state index in [0.717, 1.165) is 31.7 Å². The Morgan fingerprint density at radius 1 is 1.42 bits per heavy atom. The molecule has 104 valence electrons. The average molecular weight is 285 g/mol. The molecular weight excluding hydrogens is 266 g/mol. The second kappa shape index (κ2) is 6.12. The third-order valence-corrected chi connectivity index (χ3v) is 3.52. The normalized spacial score (nSPS) is 17.1. The zero-order valence-corrected chi connectivity index (χ0v) is 11.9. The van der Waals surface area contributed by atoms with Gasteiger partial charge in [-0.05, 0) is 17.7 Å². The fraction of sp³-hybridized carbons (Fsp3) is 0.462. The first kappa shape index (κ1) is 14.0. The molecule has 0 unspecified atom stereocenters. The first-order valence-corrected chi connectivity index (χ1v) is 6.64. The van der Waals surface area contributed by atoms with Crippen molar-refractivity contribution >= 4 is 17.8 Å². The van der Waals surface area contributed by atoms with Crippen LogP contribution in [-0.2, 0) is 0 Å². The molecule has 6 heteroatoms. The number of methoxy groups -OCH3 is 1. The second-order valence-electron chi connectivity index (χ2n) is 4.71. The van der Waals surface area contributed by atoms with E-state index in [4.69, 9.17) is 16.3 Å². The van der Waals surface area contributed by atoms with Crippen molar-refractivity contribution < 1.29 is 14.7 Å². The number of piperazine rings is 1. The molecule has 1 aliphatic heterocycles. The van der Waals surface area contributed by atoms with Gasteiger partial charge in [-0.1, -0.05) is 11.6 Å². The van der Waals surface area contributed by atoms with Crippen LogP contribution in [-0.4, -0.2) is 56.7 Å². The smallest absolute Gasteiger partial charge is 0.176 e. The summed E-state index contributed by atoms with van der Waals surface area (Å²) in [6.45, 7) is 4.09. The van der Waals surface area contributed by atoms with Crippen LogP contribution in [0.15, 0.2) is 17.2 Å². The highest BCUT2D eigenvalue weighted by molar-refractivity contribution is 6.32. The zero-order valence-electron chi connectivity index (χ0n) is 11.2. The van der Waals surface area contributed by atoms with Gasteiger partial charge in [-0.3, -0.25) is 5.01 Å². The number of nitrogens with zero attached hydrogens (tertiary/aromatic N) is 2. The van der Waals surface area contributed by atoms with Crippen molar-refractivity contribution in [3.63, 3.8) is 0 Å². The van der Waals surface area contributed by atoms with Crippen LogP contribution in [0.2, 0.25) is 5.02 Å². The molecule has 1 heterocycles. The molecular formula is C13H19ClN3O2+. The van der Waals surface area contributed by atoms with Crippen molar-refractivity contribution in [2.75, 3.05) is 40.3 Å². The molecule has 0 saturated carbocycles. The van der Waals surface area contributed by atoms with Crippen LogP contribution >= 0.6 is 11.6 Å². The quantitative estimate of drug-likeness (QED) is 0.781. The molecule has 19 heavy (non-hydrogen) atoms. The summed E-state index contributed by atoms with van der Waals surface area (Å²) in [6, 6.07) is 3.39. The Hall–Kier alpha value is -1.46. The number of nitrogens with one attached hydrogen (secondary N) is 1. The van der Waals surface area contributed by atoms with E-state index in [-0.39, 0.29) is 10.8 Å². The summed E-state index contributed by atoms with van der Waals surface area (Å²) < 4.78 is 5.06. The molecule has 5 nitrogen and oxygen atoms in total. The predicted molar refractivity (Wildman–Crippen MR) is 75.5 cm³/mol. The van der Waals surface area contributed by atoms with Gasteiger partial charge in [0.25, 0.3) is 0 Å². The number of quaternary nitrogens is 1. The van der Waals surface area contributed by atoms with Crippen molar-refractivity contribution in [3.8, 4) is 11.5 Å². The summed E-state index contributed by atoms with van der Waals surface area (Å²) in [5.41, 5.74) is 0.811. The Labute approximate surface area is 118 Å². The molecule has 0 radical (unpaired) electrons. The Bertz CT molecular complexity index is 471. The number of likely N-dealkylation sites (N-methyl/N-ethyl adjacent to an activating group) is 1. The zero-order chi connectivity index (χ0) is 13.8. The fourth-order valence-electron chi connectivity index (χ4n) is 1.96. The van der Waals surface area contributed by atoms with Gasteiger partial charge >= 0.3 is 0 Å². The highest BCUT2D eigenvalue weighted by Gasteiger charge is 2.14. The molecule has 0 spiro atoms. The molecule has 0 bridgehead atoms. The molecule has 0 aromatic heterocycles. The van der Waals surface area contributed by atoms with Crippen molar-refractivity contribution in [1.29, 1.82) is 0 Å². The van der Waals surface area contributed by atoms with Gasteiger partial charge in [-0.2, -0.15) is 5.10 Å². The molecule has 1 aromatic rings. The van der Waals surface area contributed by atoms with Crippen LogP contribution in [0.25, 0.3) is 0 Å². The number of ether oxygens (including phenoxy) is 1. The molecule has 1 fully saturated rings. The first-order valence-electron chi connectivity index (χ1n) is 6.27. The molecule has 2 rings (SSSR count). The number of phenolic OH excluding ortho intramolecular Hbond substituents is 1. The highest BCUT2D eigenvalue weighted by Crippen LogP contribution is 2.34. The van der Waals surface area contributed by atoms with Gasteiger partial charge in [0, 0.05) is 0 Å². The van der Waals surface area contributed by atoms with E-state index in [9.17, 15) is 5.11 Å². The number of hydrazone groups is 1. The van der Waals surface area contributed by atoms with Gasteiger partial charge in [0.05, 0.1) is 51.6 Å². The van der Waals surface area contributed by atoms with Crippen molar-refractivity contribution in [3.05, 3.63) is 22.7 Å². The van der Waals surface area contributed by atoms with Crippen molar-refractivity contribution in [2.24, 2.45) is 5.10 Å². The van der Waals surface area contributed by atoms with Gasteiger partial charge in [0.2, 0.25) is 0 Å². The Kier molecular flexibility index (Phi) is 4.50. The first-order chi connectivity index (χ1) is 9.10. The maximum Gasteiger partial charge on any atom is 0.176 e. The lowest BCUT2D eigenvalue weighted by Crippen LogP contribution is -3.11. The van der Waals surface area contributed by atoms with Crippen LogP contribution in [0.1, 0.15) is 5.56 Å². The van der Waals surface area contributed by atoms with E-state index in [0.29, 0.717) is 5.75 Å². The third-order valence-electron chi connectivity index (χ3n) is 3.23. The molecule has 0 atom stereocenters. The molecule has 0 aliphatic carbocycles. The van der Waals surface area contributed by atoms with Crippen LogP contribution in [0.3, 0.4) is 0 Å². The Morgan fingerprint density at radius 2 is 2.11 bits per heavy atom. The van der Waals surface area contributed by atoms with Crippen LogP contribution in [0.4, 0.5) is 0 Å². The summed E-state index contributed by atoms with van der Waals surface area (Å²) in [5.74, 6) is 0.321. The van der Waals surface area contributed by atoms with E-state index in [2.05, 4.69) is 12.1 Å². The summed E-state index contributed by atoms with van der Waals surface area (Å²) in [6.07, 6.45) is 1.74. The number of hydrogen-bond acceptors (Lipinski definition) is 4. The van der Waals surface area contributed by atoms with Crippen molar-refractivity contribution in [1.82, 2.24) is 5.01 Å². The molecule has 1 aliphatic rings. The van der Waals surface area contributed by atoms with Crippen molar-refractivity contribution in [2.45, 2.75) is 0 Å². The largest absolute Gasteiger partial charge is 0.503 e. The summed E-state index contributed by atoms with van der Waals surface area (Å²) in [5, 5.41) is 16.4. The maximum atomic E-state index is 9.65. The van der Waals surface area contributed by atoms with Gasteiger partial charge in [0.1, 0.15) is 0 Å². The van der Waals surface area contributed by atoms with Gasteiger partial charge in [-0.25, -0.2) is 0 Å². The van der Waals surface area contributed by atoms with Crippen LogP contribution in [0.5, 0.6) is 11.5 Å². The summed E-state index contributed by atoms with van der Waals surface area (Å²) in [7, 11) is 3.68. The van der Waals surface area contributed by atoms with Crippen LogP contribution in [0, 0.1) is 0 Å². The summed E-state index contributed by atoms with van der Waals surface area (Å²) >= 11 is 5.93. The third kappa shape index (κ3) is 3.52. The molecule has 1 saturated heterocycles. The lowest BCUT2D eigenvalue weighted by molar-refractivity contribution is -0.884. The number of phenols is 1. The van der Waals surface area contributed by atoms with Gasteiger partial charge < -0.3 is 14.7 Å². The summed E-state index contributed by atoms with van der Waals surface area (Å²) in [4.78, 5) is 1.53. The molecule has 2 N–H and O–H groups in total. The molecule has 1 aromatic carbocycles. The van der Waals surface area contributed by atoms with Gasteiger partial charge in [0.15, 0.2) is 11.5 Å². The van der Waals surface area contributed by atoms with E-state index in [1.54, 1.807) is 18.3 Å². The Morgan fingerprint density at radius 3 is 2.74 bits per heavy atom. The minimum atomic E-state index is -0.0375. The maximum absolute atomic E-state index is 9.65. The lowest BCUT2D eigenvalue weighted by Gasteiger charge is -2.27. The number of aromatic hydroxyl groups is 1. The fourth-order valence-corrected chi connectivity index (χ4v) is 2.18. The van der Waals surface area contributed by atoms with Gasteiger partial charge in [-0.15, -0.1) is 0 Å². The number of rotatable bonds is 3. The highest BCUT2D eigenvalue weighted by atomic mass is 35.5. The monoisotopic (exact) mass is 284 g/mol. The minimum Gasteiger partial charge on any atom is -0.503 e. The van der Waals surface area contributed by atoms with Crippen LogP contribution < -0.4 is 9.64 Å². The minimum absolute atomic E-state index is 0.0375. The number of halogens is 1. The second-order valence-corrected chi connectivity index (χ2v) is 5.12. The lowest BCUT2D eigenvalue weighted by atomic mass is 10.2. The predicted octanol–water partition coefficient (Wildman–Crippen LogP) is 0.218. The molecule has 0 amide bonds. The Balaban J connectivity index is 2.08. The van der Waals surface area contributed by atoms with E-state index >= 15 is 0 Å². The van der Waals surface area contributed by atoms with E-state index in [1.807, 2.05) is 5.01 Å². The number of benzene rings is 1. The van der Waals surface area contributed by atoms with E-state index < -0.39 is 0 Å². The topological polar surface area (TPSA) is 49.5 Å². The average Bonchev–Trinajstić information content (AvgIpc) is 2.41.